The summed E-state index contributed by atoms with van der Waals surface area (Å²) in [7, 11) is 0. The zero-order valence-electron chi connectivity index (χ0n) is 12.7. The summed E-state index contributed by atoms with van der Waals surface area (Å²) in [4.78, 5) is 12.3. The van der Waals surface area contributed by atoms with Crippen LogP contribution < -0.4 is 4.90 Å². The molecule has 0 radical (unpaired) electrons. The summed E-state index contributed by atoms with van der Waals surface area (Å²) >= 11 is 1.85. The first-order valence-corrected chi connectivity index (χ1v) is 8.83. The SMILES string of the molecule is c1nc2cncc(N3CCC4(CC3)OCCc3ccsc34)n2n1. The third-order valence-corrected chi connectivity index (χ3v) is 6.12. The minimum absolute atomic E-state index is 0.0814. The van der Waals surface area contributed by atoms with Gasteiger partial charge in [0.05, 0.1) is 19.0 Å². The summed E-state index contributed by atoms with van der Waals surface area (Å²) in [5.41, 5.74) is 2.19. The maximum atomic E-state index is 6.28. The molecule has 2 aliphatic heterocycles. The lowest BCUT2D eigenvalue weighted by Crippen LogP contribution is -2.46. The Kier molecular flexibility index (Phi) is 2.93. The second-order valence-electron chi connectivity index (χ2n) is 6.15. The Morgan fingerprint density at radius 3 is 3.04 bits per heavy atom. The average Bonchev–Trinajstić information content (AvgIpc) is 3.25. The van der Waals surface area contributed by atoms with Gasteiger partial charge in [0.25, 0.3) is 0 Å². The lowest BCUT2D eigenvalue weighted by atomic mass is 9.85. The van der Waals surface area contributed by atoms with E-state index < -0.39 is 0 Å². The number of thiophene rings is 1. The Morgan fingerprint density at radius 1 is 1.22 bits per heavy atom. The maximum Gasteiger partial charge on any atom is 0.175 e. The van der Waals surface area contributed by atoms with E-state index >= 15 is 0 Å². The molecule has 0 saturated carbocycles. The van der Waals surface area contributed by atoms with Crippen LogP contribution in [0.2, 0.25) is 0 Å². The maximum absolute atomic E-state index is 6.28. The Morgan fingerprint density at radius 2 is 2.13 bits per heavy atom. The van der Waals surface area contributed by atoms with Crippen LogP contribution >= 0.6 is 11.3 Å². The van der Waals surface area contributed by atoms with Gasteiger partial charge in [-0.15, -0.1) is 11.3 Å². The van der Waals surface area contributed by atoms with Crippen molar-refractivity contribution in [3.05, 3.63) is 40.6 Å². The number of ether oxygens (including phenoxy) is 1. The summed E-state index contributed by atoms with van der Waals surface area (Å²) in [6.07, 6.45) is 8.25. The molecule has 0 aliphatic carbocycles. The van der Waals surface area contributed by atoms with Crippen molar-refractivity contribution in [3.8, 4) is 0 Å². The van der Waals surface area contributed by atoms with Crippen molar-refractivity contribution in [1.82, 2.24) is 19.6 Å². The third-order valence-electron chi connectivity index (χ3n) is 4.98. The number of anilines is 1. The van der Waals surface area contributed by atoms with Gasteiger partial charge in [-0.05, 0) is 36.3 Å². The van der Waals surface area contributed by atoms with Gasteiger partial charge in [-0.1, -0.05) is 0 Å². The van der Waals surface area contributed by atoms with Crippen molar-refractivity contribution >= 4 is 22.8 Å². The summed E-state index contributed by atoms with van der Waals surface area (Å²) < 4.78 is 8.15. The Hall–Kier alpha value is -1.99. The van der Waals surface area contributed by atoms with Crippen LogP contribution in [0.25, 0.3) is 5.65 Å². The minimum Gasteiger partial charge on any atom is -0.369 e. The number of hydrogen-bond acceptors (Lipinski definition) is 6. The van der Waals surface area contributed by atoms with Crippen molar-refractivity contribution < 1.29 is 4.74 Å². The van der Waals surface area contributed by atoms with E-state index in [-0.39, 0.29) is 5.60 Å². The molecule has 3 aromatic heterocycles. The molecule has 5 rings (SSSR count). The van der Waals surface area contributed by atoms with Gasteiger partial charge in [-0.2, -0.15) is 9.61 Å². The average molecular weight is 327 g/mol. The van der Waals surface area contributed by atoms with Crippen molar-refractivity contribution in [2.75, 3.05) is 24.6 Å². The summed E-state index contributed by atoms with van der Waals surface area (Å²) in [6.45, 7) is 2.72. The van der Waals surface area contributed by atoms with Gasteiger partial charge in [0, 0.05) is 18.0 Å². The van der Waals surface area contributed by atoms with E-state index in [0.29, 0.717) is 0 Å². The molecular formula is C16H17N5OS. The van der Waals surface area contributed by atoms with Crippen molar-refractivity contribution in [2.45, 2.75) is 24.9 Å². The van der Waals surface area contributed by atoms with Crippen LogP contribution in [0.15, 0.2) is 30.2 Å². The lowest BCUT2D eigenvalue weighted by molar-refractivity contribution is -0.0736. The number of aromatic nitrogens is 4. The highest BCUT2D eigenvalue weighted by atomic mass is 32.1. The number of piperidine rings is 1. The highest BCUT2D eigenvalue weighted by molar-refractivity contribution is 7.10. The second-order valence-corrected chi connectivity index (χ2v) is 7.07. The van der Waals surface area contributed by atoms with Crippen LogP contribution in [0, 0.1) is 0 Å². The Labute approximate surface area is 137 Å². The lowest BCUT2D eigenvalue weighted by Gasteiger charge is -2.44. The third kappa shape index (κ3) is 2.00. The zero-order chi connectivity index (χ0) is 15.3. The molecular weight excluding hydrogens is 310 g/mol. The Bertz CT molecular complexity index is 849. The van der Waals surface area contributed by atoms with Gasteiger partial charge in [-0.3, -0.25) is 4.98 Å². The van der Waals surface area contributed by atoms with Crippen molar-refractivity contribution in [2.24, 2.45) is 0 Å². The molecule has 0 N–H and O–H groups in total. The van der Waals surface area contributed by atoms with E-state index in [1.807, 2.05) is 22.0 Å². The first-order valence-electron chi connectivity index (χ1n) is 7.95. The summed E-state index contributed by atoms with van der Waals surface area (Å²) in [5, 5.41) is 6.52. The second kappa shape index (κ2) is 5.01. The fourth-order valence-corrected chi connectivity index (χ4v) is 4.95. The van der Waals surface area contributed by atoms with Gasteiger partial charge in [0.1, 0.15) is 11.9 Å². The molecule has 6 nitrogen and oxygen atoms in total. The van der Waals surface area contributed by atoms with Gasteiger partial charge in [0.2, 0.25) is 0 Å². The monoisotopic (exact) mass is 327 g/mol. The number of hydrogen-bond donors (Lipinski definition) is 0. The van der Waals surface area contributed by atoms with Crippen molar-refractivity contribution in [1.29, 1.82) is 0 Å². The van der Waals surface area contributed by atoms with Crippen molar-refractivity contribution in [3.63, 3.8) is 0 Å². The quantitative estimate of drug-likeness (QED) is 0.686. The van der Waals surface area contributed by atoms with Gasteiger partial charge in [-0.25, -0.2) is 4.98 Å². The van der Waals surface area contributed by atoms with E-state index in [1.54, 1.807) is 12.5 Å². The number of rotatable bonds is 1. The molecule has 1 fully saturated rings. The van der Waals surface area contributed by atoms with Gasteiger partial charge in [0.15, 0.2) is 11.5 Å². The van der Waals surface area contributed by atoms with E-state index in [4.69, 9.17) is 4.74 Å². The molecule has 5 heterocycles. The standard InChI is InChI=1S/C16H17N5OS/c1-7-22-16(15-12(1)2-8-23-15)3-5-20(6-4-16)14-10-17-9-13-18-11-19-21(13)14/h2,8-11H,1,3-7H2. The van der Waals surface area contributed by atoms with Gasteiger partial charge < -0.3 is 9.64 Å². The molecule has 0 atom stereocenters. The molecule has 23 heavy (non-hydrogen) atoms. The molecule has 0 aromatic carbocycles. The summed E-state index contributed by atoms with van der Waals surface area (Å²) in [5.74, 6) is 1.01. The van der Waals surface area contributed by atoms with Crippen LogP contribution in [0.1, 0.15) is 23.3 Å². The molecule has 0 amide bonds. The molecule has 1 spiro atoms. The molecule has 3 aromatic rings. The topological polar surface area (TPSA) is 55.5 Å². The highest BCUT2D eigenvalue weighted by Crippen LogP contribution is 2.44. The van der Waals surface area contributed by atoms with E-state index in [1.165, 1.54) is 10.4 Å². The Balaban J connectivity index is 1.45. The van der Waals surface area contributed by atoms with E-state index in [2.05, 4.69) is 31.4 Å². The fraction of sp³-hybridized carbons (Fsp3) is 0.438. The summed E-state index contributed by atoms with van der Waals surface area (Å²) in [6, 6.07) is 2.26. The minimum atomic E-state index is -0.0814. The molecule has 0 bridgehead atoms. The van der Waals surface area contributed by atoms with Crippen LogP contribution in [-0.2, 0) is 16.8 Å². The zero-order valence-corrected chi connectivity index (χ0v) is 13.5. The molecule has 1 saturated heterocycles. The van der Waals surface area contributed by atoms with Crippen LogP contribution in [-0.4, -0.2) is 39.3 Å². The largest absolute Gasteiger partial charge is 0.369 e. The number of fused-ring (bicyclic) bond motifs is 3. The molecule has 7 heteroatoms. The van der Waals surface area contributed by atoms with Crippen LogP contribution in [0.4, 0.5) is 5.82 Å². The normalized spacial score (nSPS) is 20.1. The van der Waals surface area contributed by atoms with E-state index in [9.17, 15) is 0 Å². The fourth-order valence-electron chi connectivity index (χ4n) is 3.78. The van der Waals surface area contributed by atoms with Crippen LogP contribution in [0.5, 0.6) is 0 Å². The predicted octanol–water partition coefficient (Wildman–Crippen LogP) is 2.25. The first-order chi connectivity index (χ1) is 11.4. The van der Waals surface area contributed by atoms with Crippen LogP contribution in [0.3, 0.4) is 0 Å². The first kappa shape index (κ1) is 13.4. The van der Waals surface area contributed by atoms with Gasteiger partial charge >= 0.3 is 0 Å². The molecule has 2 aliphatic rings. The smallest absolute Gasteiger partial charge is 0.175 e. The number of nitrogens with zero attached hydrogens (tertiary/aromatic N) is 5. The highest BCUT2D eigenvalue weighted by Gasteiger charge is 2.42. The predicted molar refractivity (Wildman–Crippen MR) is 87.9 cm³/mol. The molecule has 0 unspecified atom stereocenters. The van der Waals surface area contributed by atoms with E-state index in [0.717, 1.165) is 50.4 Å². The molecule has 118 valence electrons.